The number of halogens is 1. The maximum absolute atomic E-state index is 9.87. The molecule has 2 saturated heterocycles. The van der Waals surface area contributed by atoms with E-state index in [4.69, 9.17) is 0 Å². The lowest BCUT2D eigenvalue weighted by Crippen LogP contribution is -2.44. The summed E-state index contributed by atoms with van der Waals surface area (Å²) in [4.78, 5) is 2.58. The van der Waals surface area contributed by atoms with Crippen molar-refractivity contribution in [2.75, 3.05) is 0 Å². The number of nitrogens with zero attached hydrogens (tertiary/aromatic N) is 3. The van der Waals surface area contributed by atoms with Gasteiger partial charge in [-0.25, -0.2) is 0 Å². The summed E-state index contributed by atoms with van der Waals surface area (Å²) in [6.07, 6.45) is 5.21. The summed E-state index contributed by atoms with van der Waals surface area (Å²) < 4.78 is 3.18. The topological polar surface area (TPSA) is 41.3 Å². The number of aliphatic hydroxyl groups is 1. The van der Waals surface area contributed by atoms with Crippen LogP contribution in [0.15, 0.2) is 4.47 Å². The standard InChI is InChI=1S/C14H22BrN3O/c1-3-12-14(15)13(17(2)16-12)8-18-9-4-5-10(18)7-11(19)6-9/h9-11,19H,3-8H2,1-2H3. The molecule has 1 N–H and O–H groups in total. The number of piperidine rings is 1. The smallest absolute Gasteiger partial charge is 0.0767 e. The molecular weight excluding hydrogens is 306 g/mol. The number of hydrogen-bond donors (Lipinski definition) is 1. The van der Waals surface area contributed by atoms with Crippen molar-refractivity contribution in [2.24, 2.45) is 7.05 Å². The molecule has 2 atom stereocenters. The van der Waals surface area contributed by atoms with Crippen molar-refractivity contribution in [3.05, 3.63) is 15.9 Å². The zero-order valence-electron chi connectivity index (χ0n) is 11.6. The van der Waals surface area contributed by atoms with E-state index in [1.807, 2.05) is 11.7 Å². The molecule has 2 aliphatic heterocycles. The van der Waals surface area contributed by atoms with Gasteiger partial charge in [-0.2, -0.15) is 5.10 Å². The molecule has 0 amide bonds. The highest BCUT2D eigenvalue weighted by atomic mass is 79.9. The van der Waals surface area contributed by atoms with E-state index in [-0.39, 0.29) is 6.10 Å². The third-order valence-electron chi connectivity index (χ3n) is 4.69. The normalized spacial score (nSPS) is 31.1. The molecule has 0 aliphatic carbocycles. The highest BCUT2D eigenvalue weighted by molar-refractivity contribution is 9.10. The maximum atomic E-state index is 9.87. The number of aromatic nitrogens is 2. The van der Waals surface area contributed by atoms with Crippen LogP contribution in [-0.4, -0.2) is 38.0 Å². The fourth-order valence-corrected chi connectivity index (χ4v) is 4.41. The van der Waals surface area contributed by atoms with E-state index < -0.39 is 0 Å². The van der Waals surface area contributed by atoms with Crippen LogP contribution in [0.1, 0.15) is 44.0 Å². The van der Waals surface area contributed by atoms with Gasteiger partial charge in [0.1, 0.15) is 0 Å². The number of hydrogen-bond acceptors (Lipinski definition) is 3. The fraction of sp³-hybridized carbons (Fsp3) is 0.786. The van der Waals surface area contributed by atoms with Crippen LogP contribution in [0.3, 0.4) is 0 Å². The Balaban J connectivity index is 1.81. The minimum absolute atomic E-state index is 0.0880. The minimum atomic E-state index is -0.0880. The van der Waals surface area contributed by atoms with Crippen molar-refractivity contribution in [1.82, 2.24) is 14.7 Å². The van der Waals surface area contributed by atoms with Gasteiger partial charge in [-0.15, -0.1) is 0 Å². The largest absolute Gasteiger partial charge is 0.393 e. The lowest BCUT2D eigenvalue weighted by atomic mass is 10.00. The Morgan fingerprint density at radius 1 is 1.32 bits per heavy atom. The number of aryl methyl sites for hydroxylation is 2. The van der Waals surface area contributed by atoms with Gasteiger partial charge in [0.25, 0.3) is 0 Å². The molecule has 2 fully saturated rings. The predicted octanol–water partition coefficient (Wildman–Crippen LogP) is 2.23. The highest BCUT2D eigenvalue weighted by Crippen LogP contribution is 2.37. The first-order chi connectivity index (χ1) is 9.10. The van der Waals surface area contributed by atoms with E-state index in [1.165, 1.54) is 23.0 Å². The lowest BCUT2D eigenvalue weighted by Gasteiger charge is -2.37. The zero-order valence-corrected chi connectivity index (χ0v) is 13.2. The molecule has 1 aromatic heterocycles. The number of rotatable bonds is 3. The summed E-state index contributed by atoms with van der Waals surface area (Å²) in [6, 6.07) is 1.11. The molecule has 106 valence electrons. The van der Waals surface area contributed by atoms with Crippen molar-refractivity contribution in [3.63, 3.8) is 0 Å². The van der Waals surface area contributed by atoms with E-state index in [9.17, 15) is 5.11 Å². The molecule has 0 aromatic carbocycles. The van der Waals surface area contributed by atoms with Crippen LogP contribution in [0, 0.1) is 0 Å². The van der Waals surface area contributed by atoms with Crippen LogP contribution in [0.2, 0.25) is 0 Å². The molecule has 2 aliphatic rings. The summed E-state index contributed by atoms with van der Waals surface area (Å²) >= 11 is 3.70. The number of aliphatic hydroxyl groups excluding tert-OH is 1. The predicted molar refractivity (Wildman–Crippen MR) is 77.9 cm³/mol. The van der Waals surface area contributed by atoms with Gasteiger partial charge in [-0.3, -0.25) is 9.58 Å². The van der Waals surface area contributed by atoms with Gasteiger partial charge in [0.15, 0.2) is 0 Å². The highest BCUT2D eigenvalue weighted by Gasteiger charge is 2.40. The van der Waals surface area contributed by atoms with Gasteiger partial charge in [0.2, 0.25) is 0 Å². The summed E-state index contributed by atoms with van der Waals surface area (Å²) in [5, 5.41) is 14.4. The molecule has 0 radical (unpaired) electrons. The lowest BCUT2D eigenvalue weighted by molar-refractivity contribution is 0.0297. The second-order valence-electron chi connectivity index (χ2n) is 5.87. The van der Waals surface area contributed by atoms with Crippen molar-refractivity contribution < 1.29 is 5.11 Å². The minimum Gasteiger partial charge on any atom is -0.393 e. The van der Waals surface area contributed by atoms with E-state index in [0.29, 0.717) is 12.1 Å². The third-order valence-corrected chi connectivity index (χ3v) is 5.61. The second-order valence-corrected chi connectivity index (χ2v) is 6.66. The van der Waals surface area contributed by atoms with Gasteiger partial charge in [0, 0.05) is 25.7 Å². The third kappa shape index (κ3) is 2.36. The second kappa shape index (κ2) is 5.19. The summed E-state index contributed by atoms with van der Waals surface area (Å²) in [7, 11) is 2.03. The zero-order chi connectivity index (χ0) is 13.6. The molecule has 1 aromatic rings. The van der Waals surface area contributed by atoms with Crippen LogP contribution >= 0.6 is 15.9 Å². The first kappa shape index (κ1) is 13.6. The van der Waals surface area contributed by atoms with Crippen molar-refractivity contribution >= 4 is 15.9 Å². The SMILES string of the molecule is CCc1nn(C)c(CN2C3CCC2CC(O)C3)c1Br. The van der Waals surface area contributed by atoms with Crippen LogP contribution in [-0.2, 0) is 20.0 Å². The van der Waals surface area contributed by atoms with E-state index in [0.717, 1.165) is 31.5 Å². The first-order valence-corrected chi connectivity index (χ1v) is 8.03. The van der Waals surface area contributed by atoms with Gasteiger partial charge < -0.3 is 5.11 Å². The molecular formula is C14H22BrN3O. The van der Waals surface area contributed by atoms with E-state index >= 15 is 0 Å². The van der Waals surface area contributed by atoms with Crippen molar-refractivity contribution in [2.45, 2.75) is 63.8 Å². The Hall–Kier alpha value is -0.390. The molecule has 19 heavy (non-hydrogen) atoms. The first-order valence-electron chi connectivity index (χ1n) is 7.24. The van der Waals surface area contributed by atoms with Gasteiger partial charge in [-0.1, -0.05) is 6.92 Å². The van der Waals surface area contributed by atoms with Gasteiger partial charge >= 0.3 is 0 Å². The fourth-order valence-electron chi connectivity index (χ4n) is 3.67. The maximum Gasteiger partial charge on any atom is 0.0767 e. The Morgan fingerprint density at radius 3 is 2.47 bits per heavy atom. The van der Waals surface area contributed by atoms with Crippen molar-refractivity contribution in [3.8, 4) is 0 Å². The van der Waals surface area contributed by atoms with Crippen LogP contribution in [0.25, 0.3) is 0 Å². The summed E-state index contributed by atoms with van der Waals surface area (Å²) in [5.41, 5.74) is 2.41. The van der Waals surface area contributed by atoms with Crippen molar-refractivity contribution in [1.29, 1.82) is 0 Å². The van der Waals surface area contributed by atoms with Crippen LogP contribution in [0.4, 0.5) is 0 Å². The molecule has 0 saturated carbocycles. The molecule has 0 spiro atoms. The van der Waals surface area contributed by atoms with E-state index in [2.05, 4.69) is 32.9 Å². The Morgan fingerprint density at radius 2 is 1.95 bits per heavy atom. The quantitative estimate of drug-likeness (QED) is 0.925. The average molecular weight is 328 g/mol. The molecule has 2 unspecified atom stereocenters. The van der Waals surface area contributed by atoms with Gasteiger partial charge in [0.05, 0.1) is 22.0 Å². The molecule has 4 nitrogen and oxygen atoms in total. The molecule has 2 bridgehead atoms. The van der Waals surface area contributed by atoms with E-state index in [1.54, 1.807) is 0 Å². The van der Waals surface area contributed by atoms with Crippen LogP contribution < -0.4 is 0 Å². The van der Waals surface area contributed by atoms with Gasteiger partial charge in [-0.05, 0) is 48.0 Å². The monoisotopic (exact) mass is 327 g/mol. The molecule has 3 rings (SSSR count). The Labute approximate surface area is 122 Å². The molecule has 5 heteroatoms. The Kier molecular flexibility index (Phi) is 3.71. The number of fused-ring (bicyclic) bond motifs is 2. The summed E-state index contributed by atoms with van der Waals surface area (Å²) in [6.45, 7) is 3.09. The Bertz CT molecular complexity index is 460. The summed E-state index contributed by atoms with van der Waals surface area (Å²) in [5.74, 6) is 0. The van der Waals surface area contributed by atoms with Crippen LogP contribution in [0.5, 0.6) is 0 Å². The average Bonchev–Trinajstić information content (AvgIpc) is 2.77. The molecule has 3 heterocycles.